The van der Waals surface area contributed by atoms with E-state index in [0.717, 1.165) is 13.0 Å². The quantitative estimate of drug-likeness (QED) is 0.440. The van der Waals surface area contributed by atoms with Crippen molar-refractivity contribution in [3.8, 4) is 0 Å². The third-order valence-electron chi connectivity index (χ3n) is 2.46. The van der Waals surface area contributed by atoms with E-state index in [-0.39, 0.29) is 0 Å². The molecule has 0 radical (unpaired) electrons. The monoisotopic (exact) mass is 218 g/mol. The van der Waals surface area contributed by atoms with Crippen molar-refractivity contribution in [2.75, 3.05) is 26.4 Å². The summed E-state index contributed by atoms with van der Waals surface area (Å²) in [6.07, 6.45) is 0.792. The molecule has 0 saturated carbocycles. The van der Waals surface area contributed by atoms with Crippen molar-refractivity contribution in [1.82, 2.24) is 0 Å². The molecule has 3 nitrogen and oxygen atoms in total. The molecule has 0 aromatic heterocycles. The summed E-state index contributed by atoms with van der Waals surface area (Å²) in [5, 5.41) is 0. The van der Waals surface area contributed by atoms with E-state index in [2.05, 4.69) is 13.8 Å². The first kappa shape index (κ1) is 14.9. The molecule has 15 heavy (non-hydrogen) atoms. The highest BCUT2D eigenvalue weighted by atomic mass is 16.7. The largest absolute Gasteiger partial charge is 0.382 e. The van der Waals surface area contributed by atoms with E-state index in [0.29, 0.717) is 25.7 Å². The van der Waals surface area contributed by atoms with Gasteiger partial charge in [-0.1, -0.05) is 13.8 Å². The van der Waals surface area contributed by atoms with E-state index in [9.17, 15) is 0 Å². The average molecular weight is 218 g/mol. The normalized spacial score (nSPS) is 12.4. The third kappa shape index (κ3) is 4.96. The third-order valence-corrected chi connectivity index (χ3v) is 2.46. The van der Waals surface area contributed by atoms with Crippen molar-refractivity contribution in [3.63, 3.8) is 0 Å². The predicted octanol–water partition coefficient (Wildman–Crippen LogP) is 2.84. The molecule has 0 bridgehead atoms. The summed E-state index contributed by atoms with van der Waals surface area (Å²) in [6, 6.07) is 0. The van der Waals surface area contributed by atoms with Crippen LogP contribution in [0.15, 0.2) is 0 Å². The summed E-state index contributed by atoms with van der Waals surface area (Å²) in [7, 11) is 0. The standard InChI is InChI=1S/C12H26O3/c1-6-13-10-9-12(11(4)5,14-7-2)15-8-3/h11H,6-10H2,1-5H3. The highest BCUT2D eigenvalue weighted by Crippen LogP contribution is 2.27. The van der Waals surface area contributed by atoms with Gasteiger partial charge in [0.2, 0.25) is 0 Å². The first-order valence-corrected chi connectivity index (χ1v) is 5.98. The summed E-state index contributed by atoms with van der Waals surface area (Å²) >= 11 is 0. The Labute approximate surface area is 94.1 Å². The van der Waals surface area contributed by atoms with Crippen LogP contribution in [-0.4, -0.2) is 32.2 Å². The molecule has 0 aliphatic carbocycles. The van der Waals surface area contributed by atoms with E-state index in [1.807, 2.05) is 20.8 Å². The molecule has 0 rings (SSSR count). The molecule has 0 fully saturated rings. The number of hydrogen-bond acceptors (Lipinski definition) is 3. The first-order chi connectivity index (χ1) is 7.13. The molecular weight excluding hydrogens is 192 g/mol. The summed E-state index contributed by atoms with van der Waals surface area (Å²) in [5.41, 5.74) is 0. The van der Waals surface area contributed by atoms with Gasteiger partial charge in [0.1, 0.15) is 0 Å². The second-order valence-corrected chi connectivity index (χ2v) is 3.78. The Kier molecular flexibility index (Phi) is 8.02. The van der Waals surface area contributed by atoms with Gasteiger partial charge < -0.3 is 14.2 Å². The van der Waals surface area contributed by atoms with Crippen LogP contribution in [0.25, 0.3) is 0 Å². The van der Waals surface area contributed by atoms with Gasteiger partial charge in [0.15, 0.2) is 5.79 Å². The zero-order valence-corrected chi connectivity index (χ0v) is 10.8. The van der Waals surface area contributed by atoms with Crippen molar-refractivity contribution in [1.29, 1.82) is 0 Å². The van der Waals surface area contributed by atoms with Crippen molar-refractivity contribution < 1.29 is 14.2 Å². The molecule has 0 aliphatic rings. The van der Waals surface area contributed by atoms with Gasteiger partial charge in [-0.15, -0.1) is 0 Å². The van der Waals surface area contributed by atoms with Gasteiger partial charge in [-0.25, -0.2) is 0 Å². The second-order valence-electron chi connectivity index (χ2n) is 3.78. The fourth-order valence-corrected chi connectivity index (χ4v) is 1.66. The predicted molar refractivity (Wildman–Crippen MR) is 61.9 cm³/mol. The molecule has 0 aromatic carbocycles. The Morgan fingerprint density at radius 1 is 0.933 bits per heavy atom. The highest BCUT2D eigenvalue weighted by Gasteiger charge is 2.34. The van der Waals surface area contributed by atoms with Gasteiger partial charge >= 0.3 is 0 Å². The molecule has 0 aromatic rings. The van der Waals surface area contributed by atoms with E-state index in [1.165, 1.54) is 0 Å². The smallest absolute Gasteiger partial charge is 0.172 e. The highest BCUT2D eigenvalue weighted by molar-refractivity contribution is 4.74. The summed E-state index contributed by atoms with van der Waals surface area (Å²) in [5.74, 6) is -0.142. The zero-order chi connectivity index (χ0) is 11.7. The Morgan fingerprint density at radius 2 is 1.47 bits per heavy atom. The average Bonchev–Trinajstić information content (AvgIpc) is 2.18. The molecule has 0 N–H and O–H groups in total. The SMILES string of the molecule is CCOCCC(OCC)(OCC)C(C)C. The van der Waals surface area contributed by atoms with Gasteiger partial charge in [-0.2, -0.15) is 0 Å². The summed E-state index contributed by atoms with van der Waals surface area (Å²) < 4.78 is 16.9. The molecule has 0 saturated heterocycles. The van der Waals surface area contributed by atoms with E-state index in [1.54, 1.807) is 0 Å². The number of ether oxygens (including phenoxy) is 3. The van der Waals surface area contributed by atoms with Gasteiger partial charge in [-0.3, -0.25) is 0 Å². The van der Waals surface area contributed by atoms with Crippen LogP contribution in [0.5, 0.6) is 0 Å². The number of rotatable bonds is 9. The molecule has 0 unspecified atom stereocenters. The fraction of sp³-hybridized carbons (Fsp3) is 1.00. The molecule has 92 valence electrons. The van der Waals surface area contributed by atoms with Crippen molar-refractivity contribution in [2.24, 2.45) is 5.92 Å². The molecule has 3 heteroatoms. The van der Waals surface area contributed by atoms with Gasteiger partial charge in [-0.05, 0) is 20.8 Å². The zero-order valence-electron chi connectivity index (χ0n) is 10.8. The maximum absolute atomic E-state index is 5.78. The lowest BCUT2D eigenvalue weighted by Gasteiger charge is -2.36. The maximum Gasteiger partial charge on any atom is 0.172 e. The van der Waals surface area contributed by atoms with Crippen LogP contribution in [0.2, 0.25) is 0 Å². The molecule has 0 atom stereocenters. The van der Waals surface area contributed by atoms with Crippen LogP contribution in [0.1, 0.15) is 41.0 Å². The van der Waals surface area contributed by atoms with Crippen LogP contribution in [0.3, 0.4) is 0 Å². The van der Waals surface area contributed by atoms with Crippen molar-refractivity contribution in [3.05, 3.63) is 0 Å². The Morgan fingerprint density at radius 3 is 1.80 bits per heavy atom. The lowest BCUT2D eigenvalue weighted by atomic mass is 9.99. The first-order valence-electron chi connectivity index (χ1n) is 5.98. The van der Waals surface area contributed by atoms with E-state index < -0.39 is 5.79 Å². The minimum Gasteiger partial charge on any atom is -0.382 e. The van der Waals surface area contributed by atoms with Gasteiger partial charge in [0, 0.05) is 32.2 Å². The van der Waals surface area contributed by atoms with Crippen LogP contribution in [-0.2, 0) is 14.2 Å². The molecule has 0 amide bonds. The molecule has 0 heterocycles. The van der Waals surface area contributed by atoms with E-state index >= 15 is 0 Å². The Hall–Kier alpha value is -0.120. The minimum atomic E-state index is -0.474. The maximum atomic E-state index is 5.78. The van der Waals surface area contributed by atoms with Crippen molar-refractivity contribution in [2.45, 2.75) is 46.8 Å². The topological polar surface area (TPSA) is 27.7 Å². The van der Waals surface area contributed by atoms with Crippen LogP contribution >= 0.6 is 0 Å². The second kappa shape index (κ2) is 8.08. The van der Waals surface area contributed by atoms with Gasteiger partial charge in [0.25, 0.3) is 0 Å². The lowest BCUT2D eigenvalue weighted by molar-refractivity contribution is -0.265. The number of hydrogen-bond donors (Lipinski definition) is 0. The molecule has 0 spiro atoms. The van der Waals surface area contributed by atoms with E-state index in [4.69, 9.17) is 14.2 Å². The van der Waals surface area contributed by atoms with Crippen LogP contribution in [0.4, 0.5) is 0 Å². The summed E-state index contributed by atoms with van der Waals surface area (Å²) in [6.45, 7) is 13.0. The van der Waals surface area contributed by atoms with Crippen molar-refractivity contribution >= 4 is 0 Å². The van der Waals surface area contributed by atoms with Crippen LogP contribution in [0, 0.1) is 5.92 Å². The minimum absolute atomic E-state index is 0.331. The summed E-state index contributed by atoms with van der Waals surface area (Å²) in [4.78, 5) is 0. The lowest BCUT2D eigenvalue weighted by Crippen LogP contribution is -2.42. The molecule has 0 aliphatic heterocycles. The molecular formula is C12H26O3. The van der Waals surface area contributed by atoms with Crippen LogP contribution < -0.4 is 0 Å². The Balaban J connectivity index is 4.33. The fourth-order valence-electron chi connectivity index (χ4n) is 1.66. The van der Waals surface area contributed by atoms with Gasteiger partial charge in [0.05, 0.1) is 6.61 Å². The Bertz CT molecular complexity index is 140.